The average Bonchev–Trinajstić information content (AvgIpc) is 2.94. The van der Waals surface area contributed by atoms with E-state index < -0.39 is 0 Å². The van der Waals surface area contributed by atoms with Crippen molar-refractivity contribution >= 4 is 23.5 Å². The van der Waals surface area contributed by atoms with Crippen LogP contribution in [0.15, 0.2) is 18.2 Å². The second-order valence-corrected chi connectivity index (χ2v) is 5.20. The number of benzene rings is 1. The van der Waals surface area contributed by atoms with Gasteiger partial charge in [0.25, 0.3) is 5.91 Å². The van der Waals surface area contributed by atoms with Crippen LogP contribution in [0.2, 0.25) is 0 Å². The minimum atomic E-state index is -0.281. The fourth-order valence-corrected chi connectivity index (χ4v) is 2.51. The second kappa shape index (κ2) is 7.06. The van der Waals surface area contributed by atoms with Crippen LogP contribution in [-0.4, -0.2) is 38.0 Å². The molecule has 0 atom stereocenters. The van der Waals surface area contributed by atoms with Crippen LogP contribution < -0.4 is 10.2 Å². The van der Waals surface area contributed by atoms with Crippen LogP contribution in [0.3, 0.4) is 0 Å². The maximum Gasteiger partial charge on any atom is 0.305 e. The number of fused-ring (bicyclic) bond motifs is 1. The minimum absolute atomic E-state index is 0.0127. The fraction of sp³-hybridized carbons (Fsp3) is 0.438. The van der Waals surface area contributed by atoms with E-state index in [1.54, 1.807) is 11.0 Å². The number of amides is 2. The molecule has 1 heterocycles. The lowest BCUT2D eigenvalue weighted by Gasteiger charge is -2.14. The van der Waals surface area contributed by atoms with E-state index in [-0.39, 0.29) is 24.2 Å². The monoisotopic (exact) mass is 304 g/mol. The van der Waals surface area contributed by atoms with Crippen molar-refractivity contribution in [1.82, 2.24) is 5.32 Å². The molecule has 1 aliphatic heterocycles. The number of carbonyl (C=O) groups excluding carboxylic acids is 3. The third kappa shape index (κ3) is 3.63. The molecule has 0 bridgehead atoms. The largest absolute Gasteiger partial charge is 0.469 e. The Morgan fingerprint density at radius 2 is 2.09 bits per heavy atom. The second-order valence-electron chi connectivity index (χ2n) is 5.20. The van der Waals surface area contributed by atoms with Crippen molar-refractivity contribution in [3.63, 3.8) is 0 Å². The summed E-state index contributed by atoms with van der Waals surface area (Å²) in [6.07, 6.45) is 1.59. The van der Waals surface area contributed by atoms with E-state index in [9.17, 15) is 14.4 Å². The van der Waals surface area contributed by atoms with Gasteiger partial charge in [-0.2, -0.15) is 0 Å². The van der Waals surface area contributed by atoms with E-state index in [0.717, 1.165) is 17.7 Å². The van der Waals surface area contributed by atoms with Gasteiger partial charge in [0.1, 0.15) is 0 Å². The van der Waals surface area contributed by atoms with Crippen molar-refractivity contribution < 1.29 is 19.1 Å². The van der Waals surface area contributed by atoms with Crippen LogP contribution >= 0.6 is 0 Å². The smallest absolute Gasteiger partial charge is 0.305 e. The molecule has 2 amide bonds. The molecule has 0 unspecified atom stereocenters. The highest BCUT2D eigenvalue weighted by Gasteiger charge is 2.22. The van der Waals surface area contributed by atoms with Crippen LogP contribution in [0.25, 0.3) is 0 Å². The fourth-order valence-electron chi connectivity index (χ4n) is 2.51. The summed E-state index contributed by atoms with van der Waals surface area (Å²) >= 11 is 0. The van der Waals surface area contributed by atoms with E-state index in [1.165, 1.54) is 14.0 Å². The summed E-state index contributed by atoms with van der Waals surface area (Å²) in [5.41, 5.74) is 2.47. The summed E-state index contributed by atoms with van der Waals surface area (Å²) in [6.45, 7) is 2.62. The maximum atomic E-state index is 12.1. The molecule has 0 saturated heterocycles. The standard InChI is InChI=1S/C16H20N2O4/c1-11(19)18-9-7-12-10-13(5-6-14(12)18)16(21)17-8-3-4-15(20)22-2/h5-6,10H,3-4,7-9H2,1-2H3,(H,17,21). The summed E-state index contributed by atoms with van der Waals surface area (Å²) < 4.78 is 4.54. The van der Waals surface area contributed by atoms with E-state index in [2.05, 4.69) is 10.1 Å². The Hall–Kier alpha value is -2.37. The van der Waals surface area contributed by atoms with Gasteiger partial charge in [-0.15, -0.1) is 0 Å². The average molecular weight is 304 g/mol. The highest BCUT2D eigenvalue weighted by molar-refractivity contribution is 5.97. The first-order valence-corrected chi connectivity index (χ1v) is 7.29. The molecule has 1 N–H and O–H groups in total. The molecular weight excluding hydrogens is 284 g/mol. The topological polar surface area (TPSA) is 75.7 Å². The van der Waals surface area contributed by atoms with Gasteiger partial charge < -0.3 is 15.0 Å². The number of hydrogen-bond acceptors (Lipinski definition) is 4. The Morgan fingerprint density at radius 1 is 1.32 bits per heavy atom. The van der Waals surface area contributed by atoms with Gasteiger partial charge in [-0.3, -0.25) is 14.4 Å². The van der Waals surface area contributed by atoms with E-state index in [4.69, 9.17) is 0 Å². The molecule has 1 aliphatic rings. The summed E-state index contributed by atoms with van der Waals surface area (Å²) in [5.74, 6) is -0.441. The van der Waals surface area contributed by atoms with Gasteiger partial charge >= 0.3 is 5.97 Å². The van der Waals surface area contributed by atoms with Crippen LogP contribution in [-0.2, 0) is 20.7 Å². The van der Waals surface area contributed by atoms with Gasteiger partial charge in [-0.05, 0) is 36.6 Å². The molecule has 118 valence electrons. The number of ether oxygens (including phenoxy) is 1. The number of anilines is 1. The number of esters is 1. The summed E-state index contributed by atoms with van der Waals surface area (Å²) in [4.78, 5) is 36.2. The van der Waals surface area contributed by atoms with Crippen molar-refractivity contribution in [2.75, 3.05) is 25.1 Å². The van der Waals surface area contributed by atoms with Gasteiger partial charge in [0.15, 0.2) is 0 Å². The zero-order chi connectivity index (χ0) is 16.1. The van der Waals surface area contributed by atoms with Crippen molar-refractivity contribution in [2.24, 2.45) is 0 Å². The maximum absolute atomic E-state index is 12.1. The SMILES string of the molecule is COC(=O)CCCNC(=O)c1ccc2c(c1)CCN2C(C)=O. The van der Waals surface area contributed by atoms with E-state index in [1.807, 2.05) is 12.1 Å². The van der Waals surface area contributed by atoms with Crippen LogP contribution in [0.5, 0.6) is 0 Å². The highest BCUT2D eigenvalue weighted by atomic mass is 16.5. The molecule has 0 fully saturated rings. The number of rotatable bonds is 5. The minimum Gasteiger partial charge on any atom is -0.469 e. The number of nitrogens with zero attached hydrogens (tertiary/aromatic N) is 1. The lowest BCUT2D eigenvalue weighted by Crippen LogP contribution is -2.26. The van der Waals surface area contributed by atoms with Crippen LogP contribution in [0, 0.1) is 0 Å². The lowest BCUT2D eigenvalue weighted by molar-refractivity contribution is -0.140. The quantitative estimate of drug-likeness (QED) is 0.657. The molecule has 6 nitrogen and oxygen atoms in total. The Labute approximate surface area is 129 Å². The Balaban J connectivity index is 1.92. The van der Waals surface area contributed by atoms with E-state index >= 15 is 0 Å². The van der Waals surface area contributed by atoms with Gasteiger partial charge in [0.05, 0.1) is 7.11 Å². The molecule has 0 saturated carbocycles. The van der Waals surface area contributed by atoms with Crippen LogP contribution in [0.4, 0.5) is 5.69 Å². The Kier molecular flexibility index (Phi) is 5.14. The van der Waals surface area contributed by atoms with Crippen molar-refractivity contribution in [3.8, 4) is 0 Å². The molecule has 2 rings (SSSR count). The number of methoxy groups -OCH3 is 1. The Bertz CT molecular complexity index is 598. The number of nitrogens with one attached hydrogen (secondary N) is 1. The predicted octanol–water partition coefficient (Wildman–Crippen LogP) is 1.28. The van der Waals surface area contributed by atoms with Crippen LogP contribution in [0.1, 0.15) is 35.7 Å². The third-order valence-electron chi connectivity index (χ3n) is 3.69. The number of carbonyl (C=O) groups is 3. The molecule has 0 aliphatic carbocycles. The Morgan fingerprint density at radius 3 is 2.77 bits per heavy atom. The van der Waals surface area contributed by atoms with Gasteiger partial charge in [0, 0.05) is 37.7 Å². The molecule has 0 spiro atoms. The lowest BCUT2D eigenvalue weighted by atomic mass is 10.1. The summed E-state index contributed by atoms with van der Waals surface area (Å²) in [5, 5.41) is 2.78. The first-order valence-electron chi connectivity index (χ1n) is 7.29. The first kappa shape index (κ1) is 16.0. The molecule has 0 aromatic heterocycles. The highest BCUT2D eigenvalue weighted by Crippen LogP contribution is 2.28. The molecule has 6 heteroatoms. The third-order valence-corrected chi connectivity index (χ3v) is 3.69. The van der Waals surface area contributed by atoms with Gasteiger partial charge in [0.2, 0.25) is 5.91 Å². The molecular formula is C16H20N2O4. The zero-order valence-corrected chi connectivity index (χ0v) is 12.8. The molecule has 1 aromatic rings. The molecule has 1 aromatic carbocycles. The summed E-state index contributed by atoms with van der Waals surface area (Å²) in [6, 6.07) is 5.36. The van der Waals surface area contributed by atoms with Crippen molar-refractivity contribution in [3.05, 3.63) is 29.3 Å². The van der Waals surface area contributed by atoms with E-state index in [0.29, 0.717) is 25.1 Å². The summed E-state index contributed by atoms with van der Waals surface area (Å²) in [7, 11) is 1.34. The van der Waals surface area contributed by atoms with Gasteiger partial charge in [-0.1, -0.05) is 0 Å². The van der Waals surface area contributed by atoms with Crippen molar-refractivity contribution in [1.29, 1.82) is 0 Å². The normalized spacial score (nSPS) is 12.7. The van der Waals surface area contributed by atoms with Crippen molar-refractivity contribution in [2.45, 2.75) is 26.2 Å². The molecule has 0 radical (unpaired) electrons. The van der Waals surface area contributed by atoms with Gasteiger partial charge in [-0.25, -0.2) is 0 Å². The number of hydrogen-bond donors (Lipinski definition) is 1. The predicted molar refractivity (Wildman–Crippen MR) is 81.8 cm³/mol. The molecule has 22 heavy (non-hydrogen) atoms. The zero-order valence-electron chi connectivity index (χ0n) is 12.8. The first-order chi connectivity index (χ1) is 10.5.